The Kier molecular flexibility index (Phi) is 5.78. The standard InChI is InChI=1S/C23H30O2Si/c1-23(2,3)26(20-12-6-4-7-13-20,21-14-8-5-9-15-21)25-18-17-19-11-10-16-22(19)24/h4-9,12-15,19H,10-11,16-18H2,1-3H3/t19-/m0/s1. The molecule has 138 valence electrons. The smallest absolute Gasteiger partial charge is 0.261 e. The van der Waals surface area contributed by atoms with Gasteiger partial charge in [-0.25, -0.2) is 0 Å². The minimum Gasteiger partial charge on any atom is -0.407 e. The molecule has 0 heterocycles. The molecule has 0 saturated heterocycles. The van der Waals surface area contributed by atoms with Crippen molar-refractivity contribution in [3.63, 3.8) is 0 Å². The van der Waals surface area contributed by atoms with Gasteiger partial charge in [-0.15, -0.1) is 0 Å². The summed E-state index contributed by atoms with van der Waals surface area (Å²) in [4.78, 5) is 12.0. The minimum atomic E-state index is -2.45. The Labute approximate surface area is 158 Å². The Balaban J connectivity index is 1.96. The molecule has 1 atom stereocenters. The summed E-state index contributed by atoms with van der Waals surface area (Å²) in [6.45, 7) is 7.53. The third-order valence-electron chi connectivity index (χ3n) is 5.63. The number of hydrogen-bond acceptors (Lipinski definition) is 2. The van der Waals surface area contributed by atoms with E-state index in [1.807, 2.05) is 0 Å². The summed E-state index contributed by atoms with van der Waals surface area (Å²) >= 11 is 0. The van der Waals surface area contributed by atoms with Crippen LogP contribution in [0, 0.1) is 5.92 Å². The van der Waals surface area contributed by atoms with Crippen molar-refractivity contribution in [3.8, 4) is 0 Å². The third-order valence-corrected chi connectivity index (χ3v) is 10.7. The van der Waals surface area contributed by atoms with Crippen LogP contribution in [0.2, 0.25) is 5.04 Å². The minimum absolute atomic E-state index is 0.00457. The molecule has 0 bridgehead atoms. The molecule has 0 aliphatic heterocycles. The zero-order valence-corrected chi connectivity index (χ0v) is 17.2. The highest BCUT2D eigenvalue weighted by atomic mass is 28.4. The maximum atomic E-state index is 12.0. The Morgan fingerprint density at radius 1 is 0.962 bits per heavy atom. The fraction of sp³-hybridized carbons (Fsp3) is 0.435. The molecule has 1 aliphatic carbocycles. The van der Waals surface area contributed by atoms with Gasteiger partial charge in [0.15, 0.2) is 0 Å². The second-order valence-electron chi connectivity index (χ2n) is 8.36. The van der Waals surface area contributed by atoms with Gasteiger partial charge in [0.1, 0.15) is 5.78 Å². The van der Waals surface area contributed by atoms with Crippen LogP contribution in [0.4, 0.5) is 0 Å². The molecule has 3 rings (SSSR count). The summed E-state index contributed by atoms with van der Waals surface area (Å²) in [6.07, 6.45) is 3.68. The molecule has 0 unspecified atom stereocenters. The SMILES string of the molecule is CC(C)(C)[Si](OCC[C@@H]1CCCC1=O)(c1ccccc1)c1ccccc1. The Bertz CT molecular complexity index is 679. The number of Topliss-reactive ketones (excluding diaryl/α,β-unsaturated/α-hetero) is 1. The second kappa shape index (κ2) is 7.89. The molecule has 0 spiro atoms. The van der Waals surface area contributed by atoms with Gasteiger partial charge in [0.05, 0.1) is 0 Å². The number of carbonyl (C=O) groups excluding carboxylic acids is 1. The van der Waals surface area contributed by atoms with Crippen LogP contribution < -0.4 is 10.4 Å². The van der Waals surface area contributed by atoms with Gasteiger partial charge in [-0.05, 0) is 34.7 Å². The van der Waals surface area contributed by atoms with Crippen molar-refractivity contribution < 1.29 is 9.22 Å². The zero-order chi connectivity index (χ0) is 18.6. The zero-order valence-electron chi connectivity index (χ0n) is 16.2. The van der Waals surface area contributed by atoms with Gasteiger partial charge < -0.3 is 4.43 Å². The normalized spacial score (nSPS) is 18.3. The highest BCUT2D eigenvalue weighted by molar-refractivity contribution is 6.99. The van der Waals surface area contributed by atoms with E-state index in [1.54, 1.807) is 0 Å². The van der Waals surface area contributed by atoms with E-state index >= 15 is 0 Å². The van der Waals surface area contributed by atoms with Crippen LogP contribution in [-0.4, -0.2) is 20.7 Å². The quantitative estimate of drug-likeness (QED) is 0.712. The van der Waals surface area contributed by atoms with E-state index < -0.39 is 8.32 Å². The van der Waals surface area contributed by atoms with Crippen molar-refractivity contribution in [3.05, 3.63) is 60.7 Å². The van der Waals surface area contributed by atoms with Crippen molar-refractivity contribution in [2.24, 2.45) is 5.92 Å². The molecule has 0 amide bonds. The summed E-state index contributed by atoms with van der Waals surface area (Å²) in [5, 5.41) is 2.60. The molecule has 26 heavy (non-hydrogen) atoms. The van der Waals surface area contributed by atoms with Crippen molar-refractivity contribution in [1.29, 1.82) is 0 Å². The van der Waals surface area contributed by atoms with Crippen molar-refractivity contribution in [2.75, 3.05) is 6.61 Å². The lowest BCUT2D eigenvalue weighted by molar-refractivity contribution is -0.121. The van der Waals surface area contributed by atoms with Gasteiger partial charge in [0.2, 0.25) is 0 Å². The Morgan fingerprint density at radius 3 is 1.92 bits per heavy atom. The summed E-state index contributed by atoms with van der Waals surface area (Å²) in [7, 11) is -2.45. The number of carbonyl (C=O) groups is 1. The topological polar surface area (TPSA) is 26.3 Å². The first-order valence-electron chi connectivity index (χ1n) is 9.73. The lowest BCUT2D eigenvalue weighted by atomic mass is 10.0. The number of rotatable bonds is 6. The summed E-state index contributed by atoms with van der Waals surface area (Å²) in [5.74, 6) is 0.629. The molecule has 3 heteroatoms. The summed E-state index contributed by atoms with van der Waals surface area (Å²) in [6, 6.07) is 21.4. The highest BCUT2D eigenvalue weighted by Gasteiger charge is 2.50. The number of benzene rings is 2. The van der Waals surface area contributed by atoms with E-state index in [9.17, 15) is 4.79 Å². The lowest BCUT2D eigenvalue weighted by Crippen LogP contribution is -2.66. The third kappa shape index (κ3) is 3.69. The van der Waals surface area contributed by atoms with E-state index in [0.717, 1.165) is 25.7 Å². The lowest BCUT2D eigenvalue weighted by Gasteiger charge is -2.43. The molecule has 0 aromatic heterocycles. The molecular formula is C23H30O2Si. The van der Waals surface area contributed by atoms with E-state index in [4.69, 9.17) is 4.43 Å². The van der Waals surface area contributed by atoms with Gasteiger partial charge in [0.25, 0.3) is 8.32 Å². The van der Waals surface area contributed by atoms with Crippen molar-refractivity contribution >= 4 is 24.5 Å². The van der Waals surface area contributed by atoms with E-state index in [1.165, 1.54) is 10.4 Å². The maximum Gasteiger partial charge on any atom is 0.261 e. The predicted octanol–water partition coefficient (Wildman–Crippen LogP) is 4.32. The summed E-state index contributed by atoms with van der Waals surface area (Å²) in [5.41, 5.74) is 0. The summed E-state index contributed by atoms with van der Waals surface area (Å²) < 4.78 is 6.86. The first-order chi connectivity index (χ1) is 12.4. The largest absolute Gasteiger partial charge is 0.407 e. The second-order valence-corrected chi connectivity index (χ2v) is 12.7. The highest BCUT2D eigenvalue weighted by Crippen LogP contribution is 2.37. The molecule has 0 N–H and O–H groups in total. The molecule has 1 fully saturated rings. The van der Waals surface area contributed by atoms with Gasteiger partial charge in [0, 0.05) is 18.9 Å². The van der Waals surface area contributed by atoms with Crippen LogP contribution in [-0.2, 0) is 9.22 Å². The molecule has 1 aliphatic rings. The van der Waals surface area contributed by atoms with Crippen LogP contribution in [0.25, 0.3) is 0 Å². The van der Waals surface area contributed by atoms with Crippen LogP contribution in [0.1, 0.15) is 46.5 Å². The molecule has 2 aromatic rings. The number of hydrogen-bond donors (Lipinski definition) is 0. The van der Waals surface area contributed by atoms with E-state index in [-0.39, 0.29) is 11.0 Å². The Morgan fingerprint density at radius 2 is 1.50 bits per heavy atom. The van der Waals surface area contributed by atoms with Crippen LogP contribution in [0.5, 0.6) is 0 Å². The predicted molar refractivity (Wildman–Crippen MR) is 111 cm³/mol. The average molecular weight is 367 g/mol. The van der Waals surface area contributed by atoms with Crippen molar-refractivity contribution in [2.45, 2.75) is 51.5 Å². The van der Waals surface area contributed by atoms with Crippen LogP contribution in [0.3, 0.4) is 0 Å². The Hall–Kier alpha value is -1.71. The fourth-order valence-electron chi connectivity index (χ4n) is 4.31. The van der Waals surface area contributed by atoms with E-state index in [2.05, 4.69) is 81.4 Å². The molecule has 2 aromatic carbocycles. The molecular weight excluding hydrogens is 336 g/mol. The van der Waals surface area contributed by atoms with Gasteiger partial charge in [-0.1, -0.05) is 81.4 Å². The van der Waals surface area contributed by atoms with Crippen LogP contribution in [0.15, 0.2) is 60.7 Å². The number of ketones is 1. The molecule has 1 saturated carbocycles. The van der Waals surface area contributed by atoms with Crippen molar-refractivity contribution in [1.82, 2.24) is 0 Å². The van der Waals surface area contributed by atoms with E-state index in [0.29, 0.717) is 12.4 Å². The first-order valence-corrected chi connectivity index (χ1v) is 11.6. The van der Waals surface area contributed by atoms with Gasteiger partial charge >= 0.3 is 0 Å². The van der Waals surface area contributed by atoms with Gasteiger partial charge in [-0.2, -0.15) is 0 Å². The molecule has 0 radical (unpaired) electrons. The maximum absolute atomic E-state index is 12.0. The van der Waals surface area contributed by atoms with Crippen LogP contribution >= 0.6 is 0 Å². The monoisotopic (exact) mass is 366 g/mol. The fourth-order valence-corrected chi connectivity index (χ4v) is 8.89. The molecule has 2 nitrogen and oxygen atoms in total. The average Bonchev–Trinajstić information content (AvgIpc) is 3.04. The first kappa shape index (κ1) is 19.1. The van der Waals surface area contributed by atoms with Gasteiger partial charge in [-0.3, -0.25) is 4.79 Å².